The molecule has 100 valence electrons. The monoisotopic (exact) mass is 301 g/mol. The van der Waals surface area contributed by atoms with Gasteiger partial charge in [-0.05, 0) is 12.1 Å². The quantitative estimate of drug-likeness (QED) is 0.803. The van der Waals surface area contributed by atoms with Crippen molar-refractivity contribution in [1.82, 2.24) is 5.06 Å². The van der Waals surface area contributed by atoms with Gasteiger partial charge in [0, 0.05) is 28.5 Å². The molecule has 0 spiro atoms. The van der Waals surface area contributed by atoms with Crippen LogP contribution in [0.4, 0.5) is 0 Å². The number of carbonyl (C=O) groups excluding carboxylic acids is 3. The Kier molecular flexibility index (Phi) is 4.07. The highest BCUT2D eigenvalue weighted by Crippen LogP contribution is 2.25. The van der Waals surface area contributed by atoms with E-state index in [1.165, 1.54) is 0 Å². The zero-order valence-electron chi connectivity index (χ0n) is 9.69. The summed E-state index contributed by atoms with van der Waals surface area (Å²) < 4.78 is 0. The first kappa shape index (κ1) is 13.8. The minimum absolute atomic E-state index is 0.0545. The molecule has 0 radical (unpaired) electrons. The molecule has 1 saturated heterocycles. The number of benzene rings is 1. The Labute approximate surface area is 119 Å². The van der Waals surface area contributed by atoms with Crippen molar-refractivity contribution in [3.8, 4) is 0 Å². The second kappa shape index (κ2) is 5.59. The average Bonchev–Trinajstić information content (AvgIpc) is 2.66. The van der Waals surface area contributed by atoms with Gasteiger partial charge >= 0.3 is 5.97 Å². The summed E-state index contributed by atoms with van der Waals surface area (Å²) in [6.45, 7) is 0. The first-order valence-corrected chi connectivity index (χ1v) is 6.24. The molecular formula is C12H9Cl2NO4. The van der Waals surface area contributed by atoms with Gasteiger partial charge < -0.3 is 4.84 Å². The number of nitrogens with zero attached hydrogens (tertiary/aromatic N) is 1. The van der Waals surface area contributed by atoms with Gasteiger partial charge in [0.25, 0.3) is 11.8 Å². The molecule has 0 saturated carbocycles. The second-order valence-corrected chi connectivity index (χ2v) is 4.74. The van der Waals surface area contributed by atoms with Crippen molar-refractivity contribution < 1.29 is 19.2 Å². The second-order valence-electron chi connectivity index (χ2n) is 3.92. The van der Waals surface area contributed by atoms with Gasteiger partial charge in [0.15, 0.2) is 0 Å². The fraction of sp³-hybridized carbons (Fsp3) is 0.250. The summed E-state index contributed by atoms with van der Waals surface area (Å²) in [5.74, 6) is -1.81. The molecule has 7 heteroatoms. The summed E-state index contributed by atoms with van der Waals surface area (Å²) in [4.78, 5) is 39.0. The molecule has 19 heavy (non-hydrogen) atoms. The predicted molar refractivity (Wildman–Crippen MR) is 67.3 cm³/mol. The van der Waals surface area contributed by atoms with Gasteiger partial charge in [-0.2, -0.15) is 0 Å². The molecule has 0 N–H and O–H groups in total. The van der Waals surface area contributed by atoms with E-state index >= 15 is 0 Å². The van der Waals surface area contributed by atoms with E-state index in [0.29, 0.717) is 20.7 Å². The summed E-state index contributed by atoms with van der Waals surface area (Å²) in [6.07, 6.45) is -0.104. The lowest BCUT2D eigenvalue weighted by molar-refractivity contribution is -0.197. The third kappa shape index (κ3) is 3.05. The van der Waals surface area contributed by atoms with Gasteiger partial charge in [0.05, 0.1) is 6.42 Å². The number of hydrogen-bond acceptors (Lipinski definition) is 4. The van der Waals surface area contributed by atoms with Crippen molar-refractivity contribution in [2.75, 3.05) is 0 Å². The molecule has 0 aromatic heterocycles. The highest BCUT2D eigenvalue weighted by atomic mass is 35.5. The third-order valence-electron chi connectivity index (χ3n) is 2.58. The lowest BCUT2D eigenvalue weighted by atomic mass is 10.1. The fourth-order valence-corrected chi connectivity index (χ4v) is 2.17. The minimum Gasteiger partial charge on any atom is -0.330 e. The van der Waals surface area contributed by atoms with Gasteiger partial charge in [-0.1, -0.05) is 29.3 Å². The SMILES string of the molecule is O=C(Cc1c(Cl)cccc1Cl)ON1C(=O)CCC1=O. The van der Waals surface area contributed by atoms with Crippen LogP contribution >= 0.6 is 23.2 Å². The topological polar surface area (TPSA) is 63.7 Å². The molecule has 0 atom stereocenters. The molecule has 2 amide bonds. The number of rotatable bonds is 3. The van der Waals surface area contributed by atoms with E-state index in [-0.39, 0.29) is 19.3 Å². The van der Waals surface area contributed by atoms with Crippen LogP contribution in [-0.4, -0.2) is 22.8 Å². The van der Waals surface area contributed by atoms with Crippen LogP contribution in [0.2, 0.25) is 10.0 Å². The van der Waals surface area contributed by atoms with Crippen LogP contribution in [0, 0.1) is 0 Å². The van der Waals surface area contributed by atoms with Crippen molar-refractivity contribution in [3.05, 3.63) is 33.8 Å². The summed E-state index contributed by atoms with van der Waals surface area (Å²) in [5, 5.41) is 1.14. The Morgan fingerprint density at radius 3 is 2.21 bits per heavy atom. The maximum absolute atomic E-state index is 11.7. The predicted octanol–water partition coefficient (Wildman–Crippen LogP) is 2.14. The minimum atomic E-state index is -0.765. The van der Waals surface area contributed by atoms with Crippen molar-refractivity contribution in [2.45, 2.75) is 19.3 Å². The zero-order valence-corrected chi connectivity index (χ0v) is 11.2. The van der Waals surface area contributed by atoms with E-state index in [1.54, 1.807) is 18.2 Å². The van der Waals surface area contributed by atoms with Gasteiger partial charge in [0.1, 0.15) is 0 Å². The van der Waals surface area contributed by atoms with Crippen LogP contribution in [0.1, 0.15) is 18.4 Å². The van der Waals surface area contributed by atoms with Gasteiger partial charge in [0.2, 0.25) is 0 Å². The Morgan fingerprint density at radius 2 is 1.68 bits per heavy atom. The molecule has 1 aromatic rings. The fourth-order valence-electron chi connectivity index (χ4n) is 1.64. The Hall–Kier alpha value is -1.59. The highest BCUT2D eigenvalue weighted by molar-refractivity contribution is 6.36. The summed E-state index contributed by atoms with van der Waals surface area (Å²) in [5.41, 5.74) is 0.398. The van der Waals surface area contributed by atoms with Crippen LogP contribution in [0.5, 0.6) is 0 Å². The molecule has 1 aromatic carbocycles. The Morgan fingerprint density at radius 1 is 1.16 bits per heavy atom. The first-order chi connectivity index (χ1) is 8.99. The van der Waals surface area contributed by atoms with E-state index in [1.807, 2.05) is 0 Å². The summed E-state index contributed by atoms with van der Waals surface area (Å²) in [7, 11) is 0. The van der Waals surface area contributed by atoms with E-state index in [2.05, 4.69) is 0 Å². The lowest BCUT2D eigenvalue weighted by Crippen LogP contribution is -2.32. The zero-order chi connectivity index (χ0) is 14.0. The Bertz CT molecular complexity index is 522. The molecule has 0 unspecified atom stereocenters. The van der Waals surface area contributed by atoms with E-state index in [4.69, 9.17) is 28.0 Å². The maximum atomic E-state index is 11.7. The van der Waals surface area contributed by atoms with Crippen molar-refractivity contribution in [1.29, 1.82) is 0 Å². The van der Waals surface area contributed by atoms with E-state index < -0.39 is 17.8 Å². The number of imide groups is 1. The van der Waals surface area contributed by atoms with Crippen molar-refractivity contribution in [2.24, 2.45) is 0 Å². The maximum Gasteiger partial charge on any atom is 0.337 e. The van der Waals surface area contributed by atoms with Gasteiger partial charge in [-0.3, -0.25) is 9.59 Å². The lowest BCUT2D eigenvalue weighted by Gasteiger charge is -2.13. The number of amides is 2. The first-order valence-electron chi connectivity index (χ1n) is 5.48. The van der Waals surface area contributed by atoms with Crippen molar-refractivity contribution in [3.63, 3.8) is 0 Å². The molecule has 1 heterocycles. The van der Waals surface area contributed by atoms with Crippen LogP contribution in [-0.2, 0) is 25.6 Å². The molecule has 5 nitrogen and oxygen atoms in total. The van der Waals surface area contributed by atoms with Crippen LogP contribution in [0.3, 0.4) is 0 Å². The molecule has 2 rings (SSSR count). The Balaban J connectivity index is 2.06. The standard InChI is InChI=1S/C12H9Cl2NO4/c13-8-2-1-3-9(14)7(8)6-12(18)19-15-10(16)4-5-11(15)17/h1-3H,4-6H2. The van der Waals surface area contributed by atoms with Crippen LogP contribution < -0.4 is 0 Å². The molecule has 1 aliphatic heterocycles. The third-order valence-corrected chi connectivity index (χ3v) is 3.29. The van der Waals surface area contributed by atoms with Gasteiger partial charge in [-0.25, -0.2) is 4.79 Å². The van der Waals surface area contributed by atoms with E-state index in [0.717, 1.165) is 0 Å². The smallest absolute Gasteiger partial charge is 0.330 e. The van der Waals surface area contributed by atoms with Crippen LogP contribution in [0.15, 0.2) is 18.2 Å². The number of hydrogen-bond donors (Lipinski definition) is 0. The van der Waals surface area contributed by atoms with Crippen molar-refractivity contribution >= 4 is 41.0 Å². The van der Waals surface area contributed by atoms with Crippen LogP contribution in [0.25, 0.3) is 0 Å². The number of halogens is 2. The molecular weight excluding hydrogens is 293 g/mol. The number of carbonyl (C=O) groups is 3. The largest absolute Gasteiger partial charge is 0.337 e. The summed E-state index contributed by atoms with van der Waals surface area (Å²) >= 11 is 11.8. The molecule has 0 aliphatic carbocycles. The molecule has 0 bridgehead atoms. The van der Waals surface area contributed by atoms with Gasteiger partial charge in [-0.15, -0.1) is 5.06 Å². The van der Waals surface area contributed by atoms with E-state index in [9.17, 15) is 14.4 Å². The average molecular weight is 302 g/mol. The molecule has 1 fully saturated rings. The number of hydroxylamine groups is 2. The molecule has 1 aliphatic rings. The summed E-state index contributed by atoms with van der Waals surface area (Å²) in [6, 6.07) is 4.82. The normalized spacial score (nSPS) is 14.9. The highest BCUT2D eigenvalue weighted by Gasteiger charge is 2.33.